The second kappa shape index (κ2) is 5.50. The quantitative estimate of drug-likeness (QED) is 0.539. The molecular formula is C19H13N3O. The predicted molar refractivity (Wildman–Crippen MR) is 89.2 cm³/mol. The first kappa shape index (κ1) is 13.4. The Morgan fingerprint density at radius 2 is 1.78 bits per heavy atom. The number of nitrogens with zero attached hydrogens (tertiary/aromatic N) is 3. The van der Waals surface area contributed by atoms with E-state index in [1.807, 2.05) is 41.2 Å². The monoisotopic (exact) mass is 299 g/mol. The molecule has 0 bridgehead atoms. The first-order valence-corrected chi connectivity index (χ1v) is 7.28. The summed E-state index contributed by atoms with van der Waals surface area (Å²) in [7, 11) is 0. The Kier molecular flexibility index (Phi) is 3.20. The standard InChI is InChI=1S/C19H13N3O/c23-13-14-6-8-22-18(12-21-19(22)9-14)16-4-1-3-15(10-16)17-5-2-7-20-11-17/h1-13H. The third kappa shape index (κ3) is 2.40. The average Bonchev–Trinajstić information content (AvgIpc) is 3.05. The van der Waals surface area contributed by atoms with Crippen LogP contribution in [0, 0.1) is 0 Å². The van der Waals surface area contributed by atoms with E-state index in [2.05, 4.69) is 28.2 Å². The highest BCUT2D eigenvalue weighted by Gasteiger charge is 2.08. The van der Waals surface area contributed by atoms with Crippen molar-refractivity contribution in [1.82, 2.24) is 14.4 Å². The van der Waals surface area contributed by atoms with Gasteiger partial charge >= 0.3 is 0 Å². The second-order valence-electron chi connectivity index (χ2n) is 5.27. The van der Waals surface area contributed by atoms with Crippen LogP contribution in [0.4, 0.5) is 0 Å². The smallest absolute Gasteiger partial charge is 0.150 e. The Balaban J connectivity index is 1.84. The first-order valence-electron chi connectivity index (χ1n) is 7.28. The lowest BCUT2D eigenvalue weighted by Crippen LogP contribution is -1.90. The molecule has 0 aliphatic rings. The summed E-state index contributed by atoms with van der Waals surface area (Å²) in [6.45, 7) is 0. The molecule has 23 heavy (non-hydrogen) atoms. The van der Waals surface area contributed by atoms with E-state index >= 15 is 0 Å². The van der Waals surface area contributed by atoms with Crippen LogP contribution >= 0.6 is 0 Å². The second-order valence-corrected chi connectivity index (χ2v) is 5.27. The number of hydrogen-bond donors (Lipinski definition) is 0. The molecule has 110 valence electrons. The van der Waals surface area contributed by atoms with Crippen LogP contribution in [0.3, 0.4) is 0 Å². The van der Waals surface area contributed by atoms with Crippen LogP contribution in [0.25, 0.3) is 28.0 Å². The van der Waals surface area contributed by atoms with Crippen molar-refractivity contribution in [3.8, 4) is 22.4 Å². The van der Waals surface area contributed by atoms with E-state index in [0.717, 1.165) is 34.3 Å². The van der Waals surface area contributed by atoms with Crippen molar-refractivity contribution in [1.29, 1.82) is 0 Å². The van der Waals surface area contributed by atoms with Crippen molar-refractivity contribution >= 4 is 11.9 Å². The van der Waals surface area contributed by atoms with Gasteiger partial charge in [0.2, 0.25) is 0 Å². The molecule has 3 heterocycles. The van der Waals surface area contributed by atoms with Gasteiger partial charge in [0.05, 0.1) is 11.9 Å². The third-order valence-electron chi connectivity index (χ3n) is 3.83. The molecule has 0 fully saturated rings. The zero-order chi connectivity index (χ0) is 15.6. The maximum absolute atomic E-state index is 10.9. The van der Waals surface area contributed by atoms with Gasteiger partial charge in [0, 0.05) is 35.3 Å². The van der Waals surface area contributed by atoms with E-state index in [4.69, 9.17) is 0 Å². The van der Waals surface area contributed by atoms with E-state index < -0.39 is 0 Å². The molecule has 0 spiro atoms. The van der Waals surface area contributed by atoms with Gasteiger partial charge in [0.1, 0.15) is 11.9 Å². The van der Waals surface area contributed by atoms with E-state index in [9.17, 15) is 4.79 Å². The van der Waals surface area contributed by atoms with Gasteiger partial charge in [-0.25, -0.2) is 4.98 Å². The summed E-state index contributed by atoms with van der Waals surface area (Å²) in [5.74, 6) is 0. The number of hydrogen-bond acceptors (Lipinski definition) is 3. The summed E-state index contributed by atoms with van der Waals surface area (Å²) in [6.07, 6.45) is 8.15. The van der Waals surface area contributed by atoms with Crippen molar-refractivity contribution in [2.24, 2.45) is 0 Å². The van der Waals surface area contributed by atoms with Gasteiger partial charge in [-0.1, -0.05) is 24.3 Å². The molecule has 0 unspecified atom stereocenters. The van der Waals surface area contributed by atoms with Gasteiger partial charge < -0.3 is 0 Å². The molecule has 4 heteroatoms. The highest BCUT2D eigenvalue weighted by Crippen LogP contribution is 2.26. The lowest BCUT2D eigenvalue weighted by Gasteiger charge is -2.06. The van der Waals surface area contributed by atoms with Crippen LogP contribution in [-0.2, 0) is 0 Å². The third-order valence-corrected chi connectivity index (χ3v) is 3.83. The number of carbonyl (C=O) groups is 1. The highest BCUT2D eigenvalue weighted by atomic mass is 16.1. The molecule has 4 rings (SSSR count). The maximum atomic E-state index is 10.9. The number of rotatable bonds is 3. The summed E-state index contributed by atoms with van der Waals surface area (Å²) in [6, 6.07) is 15.8. The molecule has 4 nitrogen and oxygen atoms in total. The summed E-state index contributed by atoms with van der Waals surface area (Å²) in [5.41, 5.74) is 5.62. The minimum atomic E-state index is 0.624. The lowest BCUT2D eigenvalue weighted by atomic mass is 10.0. The Bertz CT molecular complexity index is 990. The van der Waals surface area contributed by atoms with E-state index in [1.165, 1.54) is 0 Å². The van der Waals surface area contributed by atoms with Gasteiger partial charge in [0.25, 0.3) is 0 Å². The zero-order valence-corrected chi connectivity index (χ0v) is 12.3. The molecule has 0 aliphatic heterocycles. The molecular weight excluding hydrogens is 286 g/mol. The van der Waals surface area contributed by atoms with Gasteiger partial charge in [-0.2, -0.15) is 0 Å². The van der Waals surface area contributed by atoms with Gasteiger partial charge in [-0.05, 0) is 29.8 Å². The minimum absolute atomic E-state index is 0.624. The molecule has 0 aliphatic carbocycles. The Morgan fingerprint density at radius 3 is 2.61 bits per heavy atom. The minimum Gasteiger partial charge on any atom is -0.300 e. The largest absolute Gasteiger partial charge is 0.300 e. The normalized spacial score (nSPS) is 10.8. The molecule has 4 aromatic rings. The predicted octanol–water partition coefficient (Wildman–Crippen LogP) is 3.88. The summed E-state index contributed by atoms with van der Waals surface area (Å²) in [5, 5.41) is 0. The number of benzene rings is 1. The van der Waals surface area contributed by atoms with Gasteiger partial charge in [-0.3, -0.25) is 14.2 Å². The highest BCUT2D eigenvalue weighted by molar-refractivity contribution is 5.78. The first-order chi connectivity index (χ1) is 11.3. The molecule has 0 saturated heterocycles. The van der Waals surface area contributed by atoms with Crippen molar-refractivity contribution in [3.63, 3.8) is 0 Å². The van der Waals surface area contributed by atoms with E-state index in [1.54, 1.807) is 18.3 Å². The fourth-order valence-corrected chi connectivity index (χ4v) is 2.67. The van der Waals surface area contributed by atoms with Crippen LogP contribution in [0.15, 0.2) is 73.3 Å². The molecule has 3 aromatic heterocycles. The fourth-order valence-electron chi connectivity index (χ4n) is 2.67. The Morgan fingerprint density at radius 1 is 0.913 bits per heavy atom. The number of fused-ring (bicyclic) bond motifs is 1. The van der Waals surface area contributed by atoms with Crippen LogP contribution in [-0.4, -0.2) is 20.7 Å². The Labute approximate surface area is 133 Å². The molecule has 0 radical (unpaired) electrons. The number of aromatic nitrogens is 3. The summed E-state index contributed by atoms with van der Waals surface area (Å²) < 4.78 is 1.98. The zero-order valence-electron chi connectivity index (χ0n) is 12.3. The van der Waals surface area contributed by atoms with Crippen LogP contribution < -0.4 is 0 Å². The van der Waals surface area contributed by atoms with Gasteiger partial charge in [0.15, 0.2) is 0 Å². The van der Waals surface area contributed by atoms with Crippen LogP contribution in [0.5, 0.6) is 0 Å². The fraction of sp³-hybridized carbons (Fsp3) is 0. The lowest BCUT2D eigenvalue weighted by molar-refractivity contribution is 0.112. The van der Waals surface area contributed by atoms with E-state index in [-0.39, 0.29) is 0 Å². The summed E-state index contributed by atoms with van der Waals surface area (Å²) in [4.78, 5) is 19.5. The SMILES string of the molecule is O=Cc1ccn2c(-c3cccc(-c4cccnc4)c3)cnc2c1. The molecule has 0 N–H and O–H groups in total. The molecule has 0 saturated carbocycles. The van der Waals surface area contributed by atoms with Crippen molar-refractivity contribution in [2.75, 3.05) is 0 Å². The molecule has 0 atom stereocenters. The number of aldehydes is 1. The van der Waals surface area contributed by atoms with Crippen LogP contribution in [0.2, 0.25) is 0 Å². The van der Waals surface area contributed by atoms with Crippen molar-refractivity contribution in [3.05, 3.63) is 78.9 Å². The topological polar surface area (TPSA) is 47.3 Å². The maximum Gasteiger partial charge on any atom is 0.150 e. The Hall–Kier alpha value is -3.27. The van der Waals surface area contributed by atoms with E-state index in [0.29, 0.717) is 5.56 Å². The number of pyridine rings is 2. The van der Waals surface area contributed by atoms with Crippen molar-refractivity contribution < 1.29 is 4.79 Å². The summed E-state index contributed by atoms with van der Waals surface area (Å²) >= 11 is 0. The van der Waals surface area contributed by atoms with Crippen LogP contribution in [0.1, 0.15) is 10.4 Å². The number of imidazole rings is 1. The molecule has 0 amide bonds. The average molecular weight is 299 g/mol. The van der Waals surface area contributed by atoms with Gasteiger partial charge in [-0.15, -0.1) is 0 Å². The number of carbonyl (C=O) groups excluding carboxylic acids is 1. The van der Waals surface area contributed by atoms with Crippen molar-refractivity contribution in [2.45, 2.75) is 0 Å². The molecule has 1 aromatic carbocycles.